The van der Waals surface area contributed by atoms with Gasteiger partial charge in [0.25, 0.3) is 0 Å². The van der Waals surface area contributed by atoms with Crippen molar-refractivity contribution in [2.45, 2.75) is 0 Å². The molecule has 0 N–H and O–H groups in total. The molecule has 0 bridgehead atoms. The molecule has 5 heteroatoms. The van der Waals surface area contributed by atoms with Crippen LogP contribution in [0.5, 0.6) is 12.0 Å². The summed E-state index contributed by atoms with van der Waals surface area (Å²) in [7, 11) is 0. The number of nitrogens with zero attached hydrogens (tertiary/aromatic N) is 4. The van der Waals surface area contributed by atoms with Crippen LogP contribution in [0.25, 0.3) is 21.8 Å². The Labute approximate surface area is 120 Å². The number of fused-ring (bicyclic) bond motifs is 2. The third-order valence-corrected chi connectivity index (χ3v) is 3.12. The zero-order valence-electron chi connectivity index (χ0n) is 11.0. The highest BCUT2D eigenvalue weighted by Gasteiger charge is 2.05. The lowest BCUT2D eigenvalue weighted by atomic mass is 10.2. The average molecular weight is 274 g/mol. The first-order valence-electron chi connectivity index (χ1n) is 6.50. The van der Waals surface area contributed by atoms with Gasteiger partial charge in [-0.25, -0.2) is 9.97 Å². The molecule has 5 nitrogen and oxygen atoms in total. The number of hydrogen-bond acceptors (Lipinski definition) is 5. The summed E-state index contributed by atoms with van der Waals surface area (Å²) in [4.78, 5) is 17.0. The van der Waals surface area contributed by atoms with Crippen molar-refractivity contribution in [1.29, 1.82) is 0 Å². The minimum Gasteiger partial charge on any atom is -0.388 e. The maximum absolute atomic E-state index is 5.55. The molecule has 0 saturated heterocycles. The second-order valence-corrected chi connectivity index (χ2v) is 4.52. The van der Waals surface area contributed by atoms with Crippen molar-refractivity contribution in [3.8, 4) is 12.0 Å². The van der Waals surface area contributed by atoms with E-state index in [4.69, 9.17) is 4.74 Å². The summed E-state index contributed by atoms with van der Waals surface area (Å²) in [6.45, 7) is 0. The van der Waals surface area contributed by atoms with E-state index in [2.05, 4.69) is 19.9 Å². The Morgan fingerprint density at radius 3 is 1.62 bits per heavy atom. The Hall–Kier alpha value is -3.08. The van der Waals surface area contributed by atoms with Crippen molar-refractivity contribution in [3.63, 3.8) is 0 Å². The molecule has 0 spiro atoms. The highest BCUT2D eigenvalue weighted by Crippen LogP contribution is 2.19. The van der Waals surface area contributed by atoms with Crippen LogP contribution in [0.1, 0.15) is 0 Å². The van der Waals surface area contributed by atoms with Gasteiger partial charge in [0.15, 0.2) is 0 Å². The summed E-state index contributed by atoms with van der Waals surface area (Å²) in [6, 6.07) is 15.9. The largest absolute Gasteiger partial charge is 0.388 e. The van der Waals surface area contributed by atoms with Gasteiger partial charge in [0, 0.05) is 23.2 Å². The van der Waals surface area contributed by atoms with E-state index < -0.39 is 0 Å². The topological polar surface area (TPSA) is 60.8 Å². The van der Waals surface area contributed by atoms with Crippen LogP contribution in [0.2, 0.25) is 0 Å². The van der Waals surface area contributed by atoms with Gasteiger partial charge in [-0.15, -0.1) is 0 Å². The third kappa shape index (κ3) is 2.25. The summed E-state index contributed by atoms with van der Waals surface area (Å²) in [6.07, 6.45) is 3.44. The van der Waals surface area contributed by atoms with Crippen molar-refractivity contribution in [2.75, 3.05) is 0 Å². The molecule has 0 unspecified atom stereocenters. The molecule has 0 aliphatic heterocycles. The summed E-state index contributed by atoms with van der Waals surface area (Å²) >= 11 is 0. The summed E-state index contributed by atoms with van der Waals surface area (Å²) in [5.41, 5.74) is 1.64. The van der Waals surface area contributed by atoms with Gasteiger partial charge < -0.3 is 4.74 Å². The van der Waals surface area contributed by atoms with Crippen LogP contribution in [0.3, 0.4) is 0 Å². The van der Waals surface area contributed by atoms with E-state index in [1.807, 2.05) is 48.5 Å². The normalized spacial score (nSPS) is 10.9. The van der Waals surface area contributed by atoms with Crippen LogP contribution in [-0.4, -0.2) is 19.9 Å². The number of rotatable bonds is 2. The quantitative estimate of drug-likeness (QED) is 0.561. The lowest BCUT2D eigenvalue weighted by Crippen LogP contribution is -1.96. The molecule has 2 aromatic carbocycles. The standard InChI is InChI=1S/C16H10N4O/c1-3-7-13-11(5-1)9-17-15(19-13)21-16-18-10-12-6-2-4-8-14(12)20-16/h1-10H. The molecule has 100 valence electrons. The fraction of sp³-hybridized carbons (Fsp3) is 0. The first-order valence-corrected chi connectivity index (χ1v) is 6.50. The van der Waals surface area contributed by atoms with Crippen LogP contribution in [0, 0.1) is 0 Å². The number of aromatic nitrogens is 4. The Bertz CT molecular complexity index is 862. The van der Waals surface area contributed by atoms with E-state index >= 15 is 0 Å². The van der Waals surface area contributed by atoms with Crippen molar-refractivity contribution < 1.29 is 4.74 Å². The fourth-order valence-corrected chi connectivity index (χ4v) is 2.09. The maximum Gasteiger partial charge on any atom is 0.324 e. The molecule has 0 atom stereocenters. The molecule has 2 heterocycles. The predicted molar refractivity (Wildman–Crippen MR) is 79.2 cm³/mol. The van der Waals surface area contributed by atoms with Gasteiger partial charge >= 0.3 is 12.0 Å². The van der Waals surface area contributed by atoms with Gasteiger partial charge in [0.1, 0.15) is 0 Å². The minimum atomic E-state index is 0.240. The molecule has 4 rings (SSSR count). The van der Waals surface area contributed by atoms with E-state index in [1.54, 1.807) is 12.4 Å². The molecular formula is C16H10N4O. The lowest BCUT2D eigenvalue weighted by molar-refractivity contribution is 0.411. The molecule has 2 aromatic heterocycles. The van der Waals surface area contributed by atoms with Crippen molar-refractivity contribution in [1.82, 2.24) is 19.9 Å². The number of ether oxygens (including phenoxy) is 1. The Kier molecular flexibility index (Phi) is 2.67. The van der Waals surface area contributed by atoms with Crippen LogP contribution in [-0.2, 0) is 0 Å². The highest BCUT2D eigenvalue weighted by atomic mass is 16.5. The molecule has 0 fully saturated rings. The second kappa shape index (κ2) is 4.79. The van der Waals surface area contributed by atoms with E-state index in [9.17, 15) is 0 Å². The minimum absolute atomic E-state index is 0.240. The molecule has 0 saturated carbocycles. The van der Waals surface area contributed by atoms with Crippen LogP contribution >= 0.6 is 0 Å². The van der Waals surface area contributed by atoms with Crippen molar-refractivity contribution in [2.24, 2.45) is 0 Å². The van der Waals surface area contributed by atoms with Gasteiger partial charge in [-0.3, -0.25) is 0 Å². The Balaban J connectivity index is 1.71. The van der Waals surface area contributed by atoms with Gasteiger partial charge in [-0.2, -0.15) is 9.97 Å². The van der Waals surface area contributed by atoms with Gasteiger partial charge in [-0.05, 0) is 12.1 Å². The van der Waals surface area contributed by atoms with Gasteiger partial charge in [-0.1, -0.05) is 36.4 Å². The average Bonchev–Trinajstić information content (AvgIpc) is 2.55. The zero-order chi connectivity index (χ0) is 14.1. The van der Waals surface area contributed by atoms with Crippen molar-refractivity contribution in [3.05, 3.63) is 60.9 Å². The van der Waals surface area contributed by atoms with Crippen molar-refractivity contribution >= 4 is 21.8 Å². The van der Waals surface area contributed by atoms with Gasteiger partial charge in [0.05, 0.1) is 11.0 Å². The molecule has 0 amide bonds. The molecule has 0 aliphatic rings. The first kappa shape index (κ1) is 11.7. The third-order valence-electron chi connectivity index (χ3n) is 3.12. The molecule has 0 radical (unpaired) electrons. The van der Waals surface area contributed by atoms with Crippen LogP contribution < -0.4 is 4.74 Å². The highest BCUT2D eigenvalue weighted by molar-refractivity contribution is 5.78. The smallest absolute Gasteiger partial charge is 0.324 e. The maximum atomic E-state index is 5.55. The van der Waals surface area contributed by atoms with Crippen LogP contribution in [0.15, 0.2) is 60.9 Å². The molecule has 4 aromatic rings. The Morgan fingerprint density at radius 1 is 0.619 bits per heavy atom. The number of hydrogen-bond donors (Lipinski definition) is 0. The van der Waals surface area contributed by atoms with E-state index in [0.717, 1.165) is 21.8 Å². The van der Waals surface area contributed by atoms with E-state index in [1.165, 1.54) is 0 Å². The predicted octanol–water partition coefficient (Wildman–Crippen LogP) is 3.37. The number of benzene rings is 2. The summed E-state index contributed by atoms with van der Waals surface area (Å²) in [5, 5.41) is 1.92. The molecule has 21 heavy (non-hydrogen) atoms. The fourth-order valence-electron chi connectivity index (χ4n) is 2.09. The molecule has 0 aliphatic carbocycles. The second-order valence-electron chi connectivity index (χ2n) is 4.52. The SMILES string of the molecule is c1ccc2nc(Oc3ncc4ccccc4n3)ncc2c1. The van der Waals surface area contributed by atoms with Gasteiger partial charge in [0.2, 0.25) is 0 Å². The zero-order valence-corrected chi connectivity index (χ0v) is 11.0. The Morgan fingerprint density at radius 2 is 1.10 bits per heavy atom. The van der Waals surface area contributed by atoms with Crippen LogP contribution in [0.4, 0.5) is 0 Å². The van der Waals surface area contributed by atoms with E-state index in [0.29, 0.717) is 0 Å². The first-order chi connectivity index (χ1) is 10.4. The molecular weight excluding hydrogens is 264 g/mol. The number of para-hydroxylation sites is 2. The van der Waals surface area contributed by atoms with E-state index in [-0.39, 0.29) is 12.0 Å². The summed E-state index contributed by atoms with van der Waals surface area (Å²) in [5.74, 6) is 0. The monoisotopic (exact) mass is 274 g/mol. The lowest BCUT2D eigenvalue weighted by Gasteiger charge is -2.03. The summed E-state index contributed by atoms with van der Waals surface area (Å²) < 4.78 is 5.55.